The van der Waals surface area contributed by atoms with Crippen molar-refractivity contribution in [1.82, 2.24) is 0 Å². The number of hydrogen-bond donors (Lipinski definition) is 1. The second kappa shape index (κ2) is 7.06. The van der Waals surface area contributed by atoms with Crippen LogP contribution in [-0.4, -0.2) is 26.9 Å². The molecule has 4 nitrogen and oxygen atoms in total. The number of ether oxygens (including phenoxy) is 1. The molecule has 0 spiro atoms. The average Bonchev–Trinajstić information content (AvgIpc) is 2.22. The highest BCUT2D eigenvalue weighted by Gasteiger charge is 2.13. The first kappa shape index (κ1) is 16.2. The zero-order valence-electron chi connectivity index (χ0n) is 10.1. The van der Waals surface area contributed by atoms with Crippen LogP contribution >= 0.6 is 38.5 Å². The van der Waals surface area contributed by atoms with Crippen molar-refractivity contribution in [2.24, 2.45) is 0 Å². The van der Waals surface area contributed by atoms with E-state index in [0.29, 0.717) is 5.69 Å². The van der Waals surface area contributed by atoms with Gasteiger partial charge in [-0.15, -0.1) is 0 Å². The molecule has 1 aromatic rings. The smallest absolute Gasteiger partial charge is 0.235 e. The summed E-state index contributed by atoms with van der Waals surface area (Å²) in [6, 6.07) is 5.44. The van der Waals surface area contributed by atoms with E-state index in [1.54, 1.807) is 6.07 Å². The van der Waals surface area contributed by atoms with Gasteiger partial charge in [-0.1, -0.05) is 15.9 Å². The number of sulfonamides is 1. The molecule has 0 atom stereocenters. The fourth-order valence-corrected chi connectivity index (χ4v) is 3.12. The van der Waals surface area contributed by atoms with Crippen LogP contribution in [0.2, 0.25) is 0 Å². The van der Waals surface area contributed by atoms with Crippen LogP contribution in [0.25, 0.3) is 0 Å². The lowest BCUT2D eigenvalue weighted by atomic mass is 10.3. The molecule has 0 unspecified atom stereocenters. The Balaban J connectivity index is 2.67. The second-order valence-corrected chi connectivity index (χ2v) is 7.88. The van der Waals surface area contributed by atoms with Crippen molar-refractivity contribution >= 4 is 54.2 Å². The molecule has 0 aliphatic carbocycles. The maximum atomic E-state index is 11.8. The summed E-state index contributed by atoms with van der Waals surface area (Å²) in [5.41, 5.74) is 0.578. The number of benzene rings is 1. The van der Waals surface area contributed by atoms with E-state index in [1.807, 2.05) is 26.0 Å². The predicted molar refractivity (Wildman–Crippen MR) is 85.4 cm³/mol. The summed E-state index contributed by atoms with van der Waals surface area (Å²) in [6.45, 7) is 3.94. The van der Waals surface area contributed by atoms with Gasteiger partial charge in [-0.05, 0) is 54.6 Å². The summed E-state index contributed by atoms with van der Waals surface area (Å²) in [5.74, 6) is -0.0478. The van der Waals surface area contributed by atoms with Gasteiger partial charge in [0.2, 0.25) is 10.0 Å². The molecule has 1 N–H and O–H groups in total. The Morgan fingerprint density at radius 3 is 2.72 bits per heavy atom. The summed E-state index contributed by atoms with van der Waals surface area (Å²) in [5, 5.41) is 0. The molecular formula is C11H15BrINO3S. The lowest BCUT2D eigenvalue weighted by Gasteiger charge is -2.11. The van der Waals surface area contributed by atoms with E-state index >= 15 is 0 Å². The van der Waals surface area contributed by atoms with Crippen LogP contribution in [-0.2, 0) is 14.8 Å². The largest absolute Gasteiger partial charge is 0.378 e. The normalized spacial score (nSPS) is 11.8. The molecule has 18 heavy (non-hydrogen) atoms. The topological polar surface area (TPSA) is 55.4 Å². The number of rotatable bonds is 6. The molecule has 0 amide bonds. The van der Waals surface area contributed by atoms with E-state index in [0.717, 1.165) is 8.04 Å². The van der Waals surface area contributed by atoms with Gasteiger partial charge in [0.05, 0.1) is 24.2 Å². The van der Waals surface area contributed by atoms with E-state index < -0.39 is 10.0 Å². The fraction of sp³-hybridized carbons (Fsp3) is 0.455. The Bertz CT molecular complexity index is 505. The molecule has 7 heteroatoms. The third kappa shape index (κ3) is 5.85. The van der Waals surface area contributed by atoms with Gasteiger partial charge in [0.1, 0.15) is 0 Å². The average molecular weight is 448 g/mol. The molecule has 0 saturated carbocycles. The monoisotopic (exact) mass is 447 g/mol. The highest BCUT2D eigenvalue weighted by molar-refractivity contribution is 14.1. The number of anilines is 1. The van der Waals surface area contributed by atoms with Crippen LogP contribution in [0.15, 0.2) is 22.7 Å². The van der Waals surface area contributed by atoms with Gasteiger partial charge in [0.25, 0.3) is 0 Å². The van der Waals surface area contributed by atoms with Crippen molar-refractivity contribution in [2.75, 3.05) is 17.1 Å². The van der Waals surface area contributed by atoms with E-state index in [9.17, 15) is 8.42 Å². The minimum Gasteiger partial charge on any atom is -0.378 e. The zero-order valence-corrected chi connectivity index (χ0v) is 14.7. The number of nitrogens with one attached hydrogen (secondary N) is 1. The van der Waals surface area contributed by atoms with Gasteiger partial charge in [0, 0.05) is 8.04 Å². The summed E-state index contributed by atoms with van der Waals surface area (Å²) in [7, 11) is -3.37. The van der Waals surface area contributed by atoms with Gasteiger partial charge in [-0.3, -0.25) is 4.72 Å². The molecule has 1 rings (SSSR count). The summed E-state index contributed by atoms with van der Waals surface area (Å²) in [6.07, 6.45) is 0.0335. The van der Waals surface area contributed by atoms with Crippen molar-refractivity contribution in [3.05, 3.63) is 26.2 Å². The van der Waals surface area contributed by atoms with E-state index in [2.05, 4.69) is 43.2 Å². The Morgan fingerprint density at radius 1 is 1.44 bits per heavy atom. The molecular weight excluding hydrogens is 433 g/mol. The van der Waals surface area contributed by atoms with Crippen LogP contribution in [0.4, 0.5) is 5.69 Å². The molecule has 0 fully saturated rings. The predicted octanol–water partition coefficient (Wildman–Crippen LogP) is 3.22. The van der Waals surface area contributed by atoms with Crippen molar-refractivity contribution < 1.29 is 13.2 Å². The maximum Gasteiger partial charge on any atom is 0.235 e. The maximum absolute atomic E-state index is 11.8. The SMILES string of the molecule is CC(C)OCCS(=O)(=O)Nc1cc(Br)ccc1I. The van der Waals surface area contributed by atoms with Crippen LogP contribution in [0, 0.1) is 3.57 Å². The standard InChI is InChI=1S/C11H15BrINO3S/c1-8(2)17-5-6-18(15,16)14-11-7-9(12)3-4-10(11)13/h3-4,7-8,14H,5-6H2,1-2H3. The van der Waals surface area contributed by atoms with Crippen molar-refractivity contribution in [1.29, 1.82) is 0 Å². The number of hydrogen-bond acceptors (Lipinski definition) is 3. The summed E-state index contributed by atoms with van der Waals surface area (Å²) >= 11 is 5.40. The summed E-state index contributed by atoms with van der Waals surface area (Å²) in [4.78, 5) is 0. The molecule has 0 radical (unpaired) electrons. The van der Waals surface area contributed by atoms with Crippen LogP contribution in [0.3, 0.4) is 0 Å². The van der Waals surface area contributed by atoms with Crippen LogP contribution in [0.5, 0.6) is 0 Å². The molecule has 0 aliphatic rings. The van der Waals surface area contributed by atoms with Gasteiger partial charge in [0.15, 0.2) is 0 Å². The second-order valence-electron chi connectivity index (χ2n) is 3.96. The Morgan fingerprint density at radius 2 is 2.11 bits per heavy atom. The Kier molecular flexibility index (Phi) is 6.36. The molecule has 0 aliphatic heterocycles. The van der Waals surface area contributed by atoms with Gasteiger partial charge >= 0.3 is 0 Å². The van der Waals surface area contributed by atoms with E-state index in [1.165, 1.54) is 0 Å². The lowest BCUT2D eigenvalue weighted by Crippen LogP contribution is -2.22. The quantitative estimate of drug-likeness (QED) is 0.681. The molecule has 0 bridgehead atoms. The third-order valence-corrected chi connectivity index (χ3v) is 4.67. The molecule has 0 heterocycles. The van der Waals surface area contributed by atoms with Crippen molar-refractivity contribution in [3.8, 4) is 0 Å². The third-order valence-electron chi connectivity index (χ3n) is 2.00. The Hall–Kier alpha value is 0.140. The molecule has 102 valence electrons. The lowest BCUT2D eigenvalue weighted by molar-refractivity contribution is 0.0913. The van der Waals surface area contributed by atoms with Gasteiger partial charge in [-0.2, -0.15) is 0 Å². The summed E-state index contributed by atoms with van der Waals surface area (Å²) < 4.78 is 33.1. The van der Waals surface area contributed by atoms with E-state index in [4.69, 9.17) is 4.74 Å². The number of halogens is 2. The first-order valence-corrected chi connectivity index (χ1v) is 8.90. The van der Waals surface area contributed by atoms with E-state index in [-0.39, 0.29) is 18.5 Å². The zero-order chi connectivity index (χ0) is 13.8. The highest BCUT2D eigenvalue weighted by atomic mass is 127. The van der Waals surface area contributed by atoms with Gasteiger partial charge in [-0.25, -0.2) is 8.42 Å². The first-order valence-electron chi connectivity index (χ1n) is 5.37. The van der Waals surface area contributed by atoms with Crippen molar-refractivity contribution in [2.45, 2.75) is 20.0 Å². The fourth-order valence-electron chi connectivity index (χ4n) is 1.19. The van der Waals surface area contributed by atoms with Crippen LogP contribution in [0.1, 0.15) is 13.8 Å². The first-order chi connectivity index (χ1) is 8.30. The van der Waals surface area contributed by atoms with Crippen LogP contribution < -0.4 is 4.72 Å². The minimum absolute atomic E-state index is 0.0335. The minimum atomic E-state index is -3.37. The molecule has 1 aromatic carbocycles. The van der Waals surface area contributed by atoms with Crippen molar-refractivity contribution in [3.63, 3.8) is 0 Å². The van der Waals surface area contributed by atoms with Gasteiger partial charge < -0.3 is 4.74 Å². The molecule has 0 aromatic heterocycles. The Labute approximate surface area is 130 Å². The molecule has 0 saturated heterocycles. The highest BCUT2D eigenvalue weighted by Crippen LogP contribution is 2.23.